The van der Waals surface area contributed by atoms with Crippen molar-refractivity contribution in [1.82, 2.24) is 5.32 Å². The molecule has 0 aromatic heterocycles. The Balaban J connectivity index is 2.45. The number of aryl methyl sites for hydroxylation is 1. The highest BCUT2D eigenvalue weighted by Crippen LogP contribution is 2.23. The van der Waals surface area contributed by atoms with Gasteiger partial charge in [0.15, 0.2) is 0 Å². The van der Waals surface area contributed by atoms with Crippen LogP contribution in [0.2, 0.25) is 0 Å². The number of fused-ring (bicyclic) bond motifs is 1. The molecule has 7 nitrogen and oxygen atoms in total. The zero-order valence-corrected chi connectivity index (χ0v) is 13.7. The summed E-state index contributed by atoms with van der Waals surface area (Å²) in [7, 11) is -4.55. The lowest BCUT2D eigenvalue weighted by molar-refractivity contribution is -0.138. The minimum atomic E-state index is -4.55. The Morgan fingerprint density at radius 2 is 1.83 bits per heavy atom. The number of amides is 1. The average Bonchev–Trinajstić information content (AvgIpc) is 2.51. The van der Waals surface area contributed by atoms with Crippen LogP contribution in [0.4, 0.5) is 0 Å². The van der Waals surface area contributed by atoms with Crippen LogP contribution in [0.1, 0.15) is 22.8 Å². The van der Waals surface area contributed by atoms with Gasteiger partial charge in [0, 0.05) is 0 Å². The molecule has 2 aromatic rings. The molecular weight excluding hydrogens is 334 g/mol. The molecule has 0 saturated heterocycles. The first-order chi connectivity index (χ1) is 11.2. The third kappa shape index (κ3) is 4.09. The van der Waals surface area contributed by atoms with E-state index in [0.29, 0.717) is 22.9 Å². The number of nitrogens with one attached hydrogen (secondary N) is 1. The second kappa shape index (κ2) is 6.98. The van der Waals surface area contributed by atoms with Gasteiger partial charge in [-0.2, -0.15) is 8.42 Å². The van der Waals surface area contributed by atoms with E-state index in [1.54, 1.807) is 18.2 Å². The van der Waals surface area contributed by atoms with Crippen LogP contribution >= 0.6 is 0 Å². The van der Waals surface area contributed by atoms with Gasteiger partial charge >= 0.3 is 5.97 Å². The van der Waals surface area contributed by atoms with Gasteiger partial charge in [0.05, 0.1) is 5.56 Å². The van der Waals surface area contributed by atoms with Crippen molar-refractivity contribution in [2.45, 2.75) is 19.4 Å². The molecule has 0 radical (unpaired) electrons. The molecule has 1 unspecified atom stereocenters. The van der Waals surface area contributed by atoms with E-state index in [0.717, 1.165) is 5.39 Å². The maximum absolute atomic E-state index is 12.6. The second-order valence-electron chi connectivity index (χ2n) is 5.29. The number of hydrogen-bond donors (Lipinski definition) is 3. The van der Waals surface area contributed by atoms with E-state index >= 15 is 0 Å². The van der Waals surface area contributed by atoms with Gasteiger partial charge in [-0.1, -0.05) is 43.3 Å². The highest BCUT2D eigenvalue weighted by Gasteiger charge is 2.27. The second-order valence-corrected chi connectivity index (χ2v) is 6.78. The molecule has 0 spiro atoms. The summed E-state index contributed by atoms with van der Waals surface area (Å²) in [5, 5.41) is 12.7. The fourth-order valence-corrected chi connectivity index (χ4v) is 3.14. The fraction of sp³-hybridized carbons (Fsp3) is 0.250. The molecule has 0 fully saturated rings. The molecule has 128 valence electrons. The Kier molecular flexibility index (Phi) is 5.20. The van der Waals surface area contributed by atoms with Crippen LogP contribution in [-0.2, 0) is 21.3 Å². The maximum atomic E-state index is 12.6. The monoisotopic (exact) mass is 351 g/mol. The molecule has 3 N–H and O–H groups in total. The molecule has 0 saturated carbocycles. The standard InChI is InChI=1S/C16H17NO6S/c1-2-10-7-8-11-5-3-4-6-12(11)14(10)15(18)17-13(16(19)20)9-24(21,22)23/h3-8,13H,2,9H2,1H3,(H,17,18)(H,19,20)(H,21,22,23). The number of carbonyl (C=O) groups excluding carboxylic acids is 1. The number of benzene rings is 2. The van der Waals surface area contributed by atoms with E-state index in [-0.39, 0.29) is 0 Å². The molecular formula is C16H17NO6S. The van der Waals surface area contributed by atoms with Gasteiger partial charge in [-0.25, -0.2) is 4.79 Å². The first-order valence-electron chi connectivity index (χ1n) is 7.22. The molecule has 0 aliphatic heterocycles. The number of carbonyl (C=O) groups is 2. The van der Waals surface area contributed by atoms with Gasteiger partial charge in [-0.3, -0.25) is 9.35 Å². The van der Waals surface area contributed by atoms with E-state index in [4.69, 9.17) is 9.66 Å². The number of carboxylic acids is 1. The molecule has 0 aliphatic carbocycles. The van der Waals surface area contributed by atoms with Gasteiger partial charge in [0.1, 0.15) is 11.8 Å². The normalized spacial score (nSPS) is 12.8. The molecule has 2 rings (SSSR count). The summed E-state index contributed by atoms with van der Waals surface area (Å²) in [6.45, 7) is 1.85. The van der Waals surface area contributed by atoms with Crippen LogP contribution in [0, 0.1) is 0 Å². The summed E-state index contributed by atoms with van der Waals surface area (Å²) in [4.78, 5) is 23.8. The topological polar surface area (TPSA) is 121 Å². The number of rotatable bonds is 6. The van der Waals surface area contributed by atoms with E-state index in [1.807, 2.05) is 25.1 Å². The zero-order valence-electron chi connectivity index (χ0n) is 12.9. The first kappa shape index (κ1) is 17.9. The van der Waals surface area contributed by atoms with Gasteiger partial charge in [-0.15, -0.1) is 0 Å². The summed E-state index contributed by atoms with van der Waals surface area (Å²) in [6, 6.07) is 9.02. The van der Waals surface area contributed by atoms with Crippen LogP contribution < -0.4 is 5.32 Å². The molecule has 1 atom stereocenters. The van der Waals surface area contributed by atoms with Crippen molar-refractivity contribution < 1.29 is 27.7 Å². The zero-order chi connectivity index (χ0) is 17.9. The van der Waals surface area contributed by atoms with Crippen molar-refractivity contribution in [3.63, 3.8) is 0 Å². The summed E-state index contributed by atoms with van der Waals surface area (Å²) >= 11 is 0. The molecule has 8 heteroatoms. The highest BCUT2D eigenvalue weighted by atomic mass is 32.2. The molecule has 1 amide bonds. The van der Waals surface area contributed by atoms with Crippen molar-refractivity contribution in [2.24, 2.45) is 0 Å². The third-order valence-electron chi connectivity index (χ3n) is 3.60. The Bertz CT molecular complexity index is 891. The minimum absolute atomic E-state index is 0.303. The molecule has 0 bridgehead atoms. The number of carboxylic acid groups (broad SMARTS) is 1. The van der Waals surface area contributed by atoms with Gasteiger partial charge in [-0.05, 0) is 22.8 Å². The number of hydrogen-bond acceptors (Lipinski definition) is 4. The molecule has 2 aromatic carbocycles. The van der Waals surface area contributed by atoms with Crippen molar-refractivity contribution in [2.75, 3.05) is 5.75 Å². The summed E-state index contributed by atoms with van der Waals surface area (Å²) in [5.74, 6) is -3.33. The smallest absolute Gasteiger partial charge is 0.327 e. The van der Waals surface area contributed by atoms with Gasteiger partial charge in [0.25, 0.3) is 16.0 Å². The Hall–Kier alpha value is -2.45. The summed E-state index contributed by atoms with van der Waals surface area (Å²) < 4.78 is 30.7. The predicted octanol–water partition coefficient (Wildman–Crippen LogP) is 1.47. The Labute approximate surface area is 139 Å². The van der Waals surface area contributed by atoms with Crippen molar-refractivity contribution in [3.05, 3.63) is 47.5 Å². The summed E-state index contributed by atoms with van der Waals surface area (Å²) in [6.07, 6.45) is 0.545. The number of aliphatic carboxylic acids is 1. The van der Waals surface area contributed by atoms with Gasteiger partial charge < -0.3 is 10.4 Å². The van der Waals surface area contributed by atoms with Crippen molar-refractivity contribution in [3.8, 4) is 0 Å². The molecule has 0 aliphatic rings. The average molecular weight is 351 g/mol. The van der Waals surface area contributed by atoms with Crippen LogP contribution in [0.25, 0.3) is 10.8 Å². The molecule has 24 heavy (non-hydrogen) atoms. The molecule has 0 heterocycles. The Morgan fingerprint density at radius 1 is 1.17 bits per heavy atom. The van der Waals surface area contributed by atoms with E-state index < -0.39 is 33.8 Å². The predicted molar refractivity (Wildman–Crippen MR) is 88.6 cm³/mol. The van der Waals surface area contributed by atoms with E-state index in [1.165, 1.54) is 0 Å². The van der Waals surface area contributed by atoms with Crippen LogP contribution in [-0.4, -0.2) is 41.7 Å². The van der Waals surface area contributed by atoms with E-state index in [9.17, 15) is 18.0 Å². The Morgan fingerprint density at radius 3 is 2.42 bits per heavy atom. The quantitative estimate of drug-likeness (QED) is 0.678. The largest absolute Gasteiger partial charge is 0.480 e. The maximum Gasteiger partial charge on any atom is 0.327 e. The third-order valence-corrected chi connectivity index (χ3v) is 4.36. The van der Waals surface area contributed by atoms with Crippen LogP contribution in [0.15, 0.2) is 36.4 Å². The fourth-order valence-electron chi connectivity index (χ4n) is 2.50. The lowest BCUT2D eigenvalue weighted by Crippen LogP contribution is -2.45. The van der Waals surface area contributed by atoms with Gasteiger partial charge in [0.2, 0.25) is 0 Å². The highest BCUT2D eigenvalue weighted by molar-refractivity contribution is 7.85. The SMILES string of the molecule is CCc1ccc2ccccc2c1C(=O)NC(CS(=O)(=O)O)C(=O)O. The van der Waals surface area contributed by atoms with E-state index in [2.05, 4.69) is 5.32 Å². The van der Waals surface area contributed by atoms with Crippen molar-refractivity contribution >= 4 is 32.8 Å². The van der Waals surface area contributed by atoms with Crippen LogP contribution in [0.5, 0.6) is 0 Å². The van der Waals surface area contributed by atoms with Crippen molar-refractivity contribution in [1.29, 1.82) is 0 Å². The first-order valence-corrected chi connectivity index (χ1v) is 8.83. The van der Waals surface area contributed by atoms with Crippen LogP contribution in [0.3, 0.4) is 0 Å². The summed E-state index contributed by atoms with van der Waals surface area (Å²) in [5.41, 5.74) is 1.01. The lowest BCUT2D eigenvalue weighted by Gasteiger charge is -2.16. The minimum Gasteiger partial charge on any atom is -0.480 e. The lowest BCUT2D eigenvalue weighted by atomic mass is 9.96.